The molecule has 0 fully saturated rings. The molecule has 0 aliphatic carbocycles. The molecule has 0 aliphatic heterocycles. The van der Waals surface area contributed by atoms with Crippen molar-refractivity contribution in [2.24, 2.45) is 5.92 Å². The lowest BCUT2D eigenvalue weighted by atomic mass is 9.92. The van der Waals surface area contributed by atoms with E-state index in [0.717, 1.165) is 12.8 Å². The van der Waals surface area contributed by atoms with Crippen molar-refractivity contribution >= 4 is 17.4 Å². The highest BCUT2D eigenvalue weighted by molar-refractivity contribution is 6.29. The van der Waals surface area contributed by atoms with Crippen LogP contribution >= 0.6 is 11.6 Å². The first-order chi connectivity index (χ1) is 8.17. The number of hydrogen-bond donors (Lipinski definition) is 0. The number of aromatic nitrogens is 1. The minimum absolute atomic E-state index is 0.178. The number of ketones is 1. The first-order valence-corrected chi connectivity index (χ1v) is 6.69. The molecule has 0 bridgehead atoms. The Morgan fingerprint density at radius 1 is 1.41 bits per heavy atom. The van der Waals surface area contributed by atoms with E-state index >= 15 is 0 Å². The molecule has 94 valence electrons. The van der Waals surface area contributed by atoms with E-state index in [-0.39, 0.29) is 5.78 Å². The number of pyridine rings is 1. The van der Waals surface area contributed by atoms with Crippen LogP contribution in [-0.2, 0) is 0 Å². The monoisotopic (exact) mass is 253 g/mol. The summed E-state index contributed by atoms with van der Waals surface area (Å²) < 4.78 is 0. The fourth-order valence-corrected chi connectivity index (χ4v) is 1.98. The van der Waals surface area contributed by atoms with Crippen molar-refractivity contribution in [3.8, 4) is 0 Å². The largest absolute Gasteiger partial charge is 0.294 e. The number of carbonyl (C=O) groups excluding carboxylic acids is 1. The zero-order chi connectivity index (χ0) is 12.7. The molecule has 1 heterocycles. The lowest BCUT2D eigenvalue weighted by Gasteiger charge is -2.13. The Morgan fingerprint density at radius 2 is 2.18 bits per heavy atom. The molecule has 0 radical (unpaired) electrons. The van der Waals surface area contributed by atoms with Crippen LogP contribution in [0.5, 0.6) is 0 Å². The van der Waals surface area contributed by atoms with Crippen molar-refractivity contribution in [2.75, 3.05) is 0 Å². The summed E-state index contributed by atoms with van der Waals surface area (Å²) in [5.74, 6) is 0.676. The minimum atomic E-state index is 0.178. The zero-order valence-corrected chi connectivity index (χ0v) is 11.3. The van der Waals surface area contributed by atoms with E-state index in [1.807, 2.05) is 0 Å². The number of rotatable bonds is 7. The Kier molecular flexibility index (Phi) is 6.20. The number of halogens is 1. The second-order valence-corrected chi connectivity index (χ2v) is 4.80. The molecule has 0 spiro atoms. The number of carbonyl (C=O) groups is 1. The summed E-state index contributed by atoms with van der Waals surface area (Å²) in [4.78, 5) is 15.9. The average molecular weight is 254 g/mol. The van der Waals surface area contributed by atoms with Crippen molar-refractivity contribution in [3.05, 3.63) is 29.0 Å². The van der Waals surface area contributed by atoms with E-state index in [1.165, 1.54) is 12.8 Å². The van der Waals surface area contributed by atoms with Crippen LogP contribution in [0.15, 0.2) is 18.3 Å². The lowest BCUT2D eigenvalue weighted by molar-refractivity contribution is 0.0956. The van der Waals surface area contributed by atoms with Gasteiger partial charge in [-0.15, -0.1) is 0 Å². The molecule has 0 saturated carbocycles. The molecule has 0 amide bonds. The molecule has 0 saturated heterocycles. The Morgan fingerprint density at radius 3 is 2.71 bits per heavy atom. The van der Waals surface area contributed by atoms with Gasteiger partial charge in [-0.1, -0.05) is 51.1 Å². The van der Waals surface area contributed by atoms with Crippen molar-refractivity contribution in [1.29, 1.82) is 0 Å². The van der Waals surface area contributed by atoms with Crippen LogP contribution in [0.3, 0.4) is 0 Å². The third-order valence-corrected chi connectivity index (χ3v) is 3.29. The molecule has 1 unspecified atom stereocenters. The summed E-state index contributed by atoms with van der Waals surface area (Å²) in [5.41, 5.74) is 0.671. The molecule has 0 N–H and O–H groups in total. The van der Waals surface area contributed by atoms with Gasteiger partial charge in [0.25, 0.3) is 0 Å². The molecule has 1 aromatic heterocycles. The highest BCUT2D eigenvalue weighted by Crippen LogP contribution is 2.19. The molecule has 17 heavy (non-hydrogen) atoms. The maximum atomic E-state index is 12.0. The highest BCUT2D eigenvalue weighted by atomic mass is 35.5. The maximum absolute atomic E-state index is 12.0. The van der Waals surface area contributed by atoms with Crippen molar-refractivity contribution in [1.82, 2.24) is 4.98 Å². The van der Waals surface area contributed by atoms with Gasteiger partial charge in [-0.2, -0.15) is 0 Å². The molecule has 3 heteroatoms. The van der Waals surface area contributed by atoms with Gasteiger partial charge in [0.05, 0.1) is 0 Å². The minimum Gasteiger partial charge on any atom is -0.294 e. The molecule has 1 aromatic rings. The fourth-order valence-electron chi connectivity index (χ4n) is 1.86. The van der Waals surface area contributed by atoms with E-state index in [9.17, 15) is 4.79 Å². The van der Waals surface area contributed by atoms with E-state index in [1.54, 1.807) is 18.3 Å². The smallest absolute Gasteiger partial charge is 0.164 e. The van der Waals surface area contributed by atoms with Crippen molar-refractivity contribution in [2.45, 2.75) is 46.0 Å². The quantitative estimate of drug-likeness (QED) is 0.528. The summed E-state index contributed by atoms with van der Waals surface area (Å²) in [5, 5.41) is 0.430. The molecule has 0 aromatic carbocycles. The predicted octanol–water partition coefficient (Wildman–Crippen LogP) is 4.52. The first kappa shape index (κ1) is 14.2. The fraction of sp³-hybridized carbons (Fsp3) is 0.571. The molecular weight excluding hydrogens is 234 g/mol. The van der Waals surface area contributed by atoms with Crippen LogP contribution in [0.4, 0.5) is 0 Å². The van der Waals surface area contributed by atoms with E-state index in [2.05, 4.69) is 18.8 Å². The van der Waals surface area contributed by atoms with Gasteiger partial charge in [-0.3, -0.25) is 4.79 Å². The van der Waals surface area contributed by atoms with E-state index in [4.69, 9.17) is 11.6 Å². The number of Topliss-reactive ketones (excluding diaryl/α,β-unsaturated/α-hetero) is 1. The first-order valence-electron chi connectivity index (χ1n) is 6.32. The zero-order valence-electron chi connectivity index (χ0n) is 10.6. The van der Waals surface area contributed by atoms with Crippen LogP contribution in [0.25, 0.3) is 0 Å². The van der Waals surface area contributed by atoms with Gasteiger partial charge in [0.15, 0.2) is 5.78 Å². The van der Waals surface area contributed by atoms with Crippen LogP contribution in [-0.4, -0.2) is 10.8 Å². The van der Waals surface area contributed by atoms with Crippen molar-refractivity contribution < 1.29 is 4.79 Å². The van der Waals surface area contributed by atoms with Gasteiger partial charge in [0.2, 0.25) is 0 Å². The normalized spacial score (nSPS) is 12.4. The van der Waals surface area contributed by atoms with Crippen LogP contribution in [0, 0.1) is 5.92 Å². The van der Waals surface area contributed by atoms with Crippen LogP contribution < -0.4 is 0 Å². The van der Waals surface area contributed by atoms with E-state index in [0.29, 0.717) is 23.1 Å². The molecule has 1 rings (SSSR count). The van der Waals surface area contributed by atoms with Gasteiger partial charge < -0.3 is 0 Å². The van der Waals surface area contributed by atoms with Gasteiger partial charge in [-0.05, 0) is 18.1 Å². The third-order valence-electron chi connectivity index (χ3n) is 3.07. The Bertz CT molecular complexity index is 348. The summed E-state index contributed by atoms with van der Waals surface area (Å²) in [6.07, 6.45) is 6.78. The Hall–Kier alpha value is -0.890. The number of hydrogen-bond acceptors (Lipinski definition) is 2. The lowest BCUT2D eigenvalue weighted by Crippen LogP contribution is -2.08. The summed E-state index contributed by atoms with van der Waals surface area (Å²) in [7, 11) is 0. The second kappa shape index (κ2) is 7.44. The second-order valence-electron chi connectivity index (χ2n) is 4.41. The topological polar surface area (TPSA) is 30.0 Å². The summed E-state index contributed by atoms with van der Waals surface area (Å²) >= 11 is 5.70. The third kappa shape index (κ3) is 4.86. The molecule has 1 atom stereocenters. The standard InChI is InChI=1S/C14H20ClNO/c1-3-5-6-11(4-2)9-13(17)12-7-8-14(15)16-10-12/h7-8,10-11H,3-6,9H2,1-2H3. The Labute approximate surface area is 108 Å². The average Bonchev–Trinajstić information content (AvgIpc) is 2.35. The predicted molar refractivity (Wildman–Crippen MR) is 71.5 cm³/mol. The molecule has 0 aliphatic rings. The maximum Gasteiger partial charge on any atom is 0.164 e. The van der Waals surface area contributed by atoms with Crippen LogP contribution in [0.1, 0.15) is 56.3 Å². The SMILES string of the molecule is CCCCC(CC)CC(=O)c1ccc(Cl)nc1. The van der Waals surface area contributed by atoms with E-state index < -0.39 is 0 Å². The number of nitrogens with zero attached hydrogens (tertiary/aromatic N) is 1. The summed E-state index contributed by atoms with van der Waals surface area (Å²) in [6.45, 7) is 4.32. The van der Waals surface area contributed by atoms with Gasteiger partial charge in [0.1, 0.15) is 5.15 Å². The molecule has 2 nitrogen and oxygen atoms in total. The molecular formula is C14H20ClNO. The number of unbranched alkanes of at least 4 members (excludes halogenated alkanes) is 1. The van der Waals surface area contributed by atoms with Gasteiger partial charge >= 0.3 is 0 Å². The van der Waals surface area contributed by atoms with Gasteiger partial charge in [-0.25, -0.2) is 4.98 Å². The Balaban J connectivity index is 2.54. The van der Waals surface area contributed by atoms with Crippen molar-refractivity contribution in [3.63, 3.8) is 0 Å². The van der Waals surface area contributed by atoms with Crippen LogP contribution in [0.2, 0.25) is 5.15 Å². The van der Waals surface area contributed by atoms with Gasteiger partial charge in [0, 0.05) is 18.2 Å². The highest BCUT2D eigenvalue weighted by Gasteiger charge is 2.13. The summed E-state index contributed by atoms with van der Waals surface area (Å²) in [6, 6.07) is 3.42.